The van der Waals surface area contributed by atoms with E-state index in [2.05, 4.69) is 134 Å². The number of rotatable bonds is 5. The fraction of sp³-hybridized carbons (Fsp3) is 0.250. The highest BCUT2D eigenvalue weighted by molar-refractivity contribution is 8.01. The van der Waals surface area contributed by atoms with Crippen molar-refractivity contribution in [2.45, 2.75) is 68.9 Å². The molecule has 4 aromatic carbocycles. The van der Waals surface area contributed by atoms with Crippen molar-refractivity contribution in [1.29, 1.82) is 0 Å². The number of fused-ring (bicyclic) bond motifs is 9. The van der Waals surface area contributed by atoms with Crippen molar-refractivity contribution in [3.8, 4) is 5.75 Å². The standard InChI is InChI=1S/C48H41N3OS2/c1-4-5-17-33-29(2)54-47-38(32-24-25-36-35-19-10-13-22-41(35)52-42(36)26-32)27-39-34-18-9-12-21-40(34)51(46(39)44(33)47)48(49-28-31-15-7-6-8-16-31)50-45-30(3)53-43-23-14-11-20-37(43)45/h4-9,12-13,15-18,21-22,24,26-27,30,36-37,43H,1,11,14,20,23,25,28H2,2-3H3/b17-5-,49-48+,50-45+. The van der Waals surface area contributed by atoms with Crippen LogP contribution in [0.1, 0.15) is 72.1 Å². The van der Waals surface area contributed by atoms with Crippen LogP contribution in [0, 0.1) is 25.0 Å². The van der Waals surface area contributed by atoms with Gasteiger partial charge in [0.05, 0.1) is 29.1 Å². The van der Waals surface area contributed by atoms with Crippen LogP contribution in [0.2, 0.25) is 0 Å². The number of hydrogen-bond donors (Lipinski definition) is 0. The molecule has 4 unspecified atom stereocenters. The third kappa shape index (κ3) is 5.51. The minimum absolute atomic E-state index is 0.181. The molecule has 10 rings (SSSR count). The van der Waals surface area contributed by atoms with Gasteiger partial charge >= 0.3 is 0 Å². The molecule has 54 heavy (non-hydrogen) atoms. The van der Waals surface area contributed by atoms with Gasteiger partial charge in [-0.05, 0) is 80.2 Å². The Bertz CT molecular complexity index is 2630. The summed E-state index contributed by atoms with van der Waals surface area (Å²) in [7, 11) is 0. The Morgan fingerprint density at radius 3 is 2.80 bits per heavy atom. The molecule has 0 N–H and O–H groups in total. The summed E-state index contributed by atoms with van der Waals surface area (Å²) in [5.74, 6) is 3.35. The second kappa shape index (κ2) is 13.6. The van der Waals surface area contributed by atoms with E-state index in [1.807, 2.05) is 29.5 Å². The predicted octanol–water partition coefficient (Wildman–Crippen LogP) is 12.5. The Kier molecular flexibility index (Phi) is 8.46. The van der Waals surface area contributed by atoms with Gasteiger partial charge in [0.25, 0.3) is 0 Å². The number of thioether (sulfide) groups is 1. The number of nitrogens with zero attached hydrogens (tertiary/aromatic N) is 3. The summed E-state index contributed by atoms with van der Waals surface area (Å²) >= 11 is 3.98. The molecule has 2 fully saturated rings. The number of aromatic nitrogens is 1. The molecular formula is C48H41N3OS2. The second-order valence-corrected chi connectivity index (χ2v) is 17.7. The van der Waals surface area contributed by atoms with Gasteiger partial charge < -0.3 is 4.74 Å². The lowest BCUT2D eigenvalue weighted by atomic mass is 9.85. The molecule has 6 heteroatoms. The normalized spacial score (nSPS) is 23.0. The van der Waals surface area contributed by atoms with Gasteiger partial charge in [-0.15, -0.1) is 23.1 Å². The zero-order chi connectivity index (χ0) is 36.3. The number of aliphatic imine (C=N–C) groups is 2. The van der Waals surface area contributed by atoms with E-state index in [9.17, 15) is 0 Å². The molecule has 2 aliphatic carbocycles. The summed E-state index contributed by atoms with van der Waals surface area (Å²) in [6.07, 6.45) is 16.8. The van der Waals surface area contributed by atoms with Crippen LogP contribution in [-0.2, 0) is 6.54 Å². The van der Waals surface area contributed by atoms with Crippen molar-refractivity contribution in [3.63, 3.8) is 0 Å². The van der Waals surface area contributed by atoms with E-state index in [4.69, 9.17) is 14.7 Å². The van der Waals surface area contributed by atoms with E-state index in [-0.39, 0.29) is 5.92 Å². The van der Waals surface area contributed by atoms with E-state index in [0.717, 1.165) is 40.5 Å². The van der Waals surface area contributed by atoms with Crippen LogP contribution >= 0.6 is 23.1 Å². The van der Waals surface area contributed by atoms with E-state index in [1.165, 1.54) is 79.4 Å². The topological polar surface area (TPSA) is 38.9 Å². The summed E-state index contributed by atoms with van der Waals surface area (Å²) < 4.78 is 10.1. The number of aryl methyl sites for hydroxylation is 1. The minimum atomic E-state index is 0.181. The minimum Gasteiger partial charge on any atom is -0.460 e. The average Bonchev–Trinajstić information content (AvgIpc) is 3.93. The molecule has 2 aromatic heterocycles. The summed E-state index contributed by atoms with van der Waals surface area (Å²) in [5.41, 5.74) is 9.52. The maximum Gasteiger partial charge on any atom is 0.230 e. The van der Waals surface area contributed by atoms with Gasteiger partial charge in [-0.2, -0.15) is 0 Å². The third-order valence-corrected chi connectivity index (χ3v) is 14.4. The molecule has 0 bridgehead atoms. The number of benzene rings is 3. The Morgan fingerprint density at radius 1 is 1.06 bits per heavy atom. The largest absolute Gasteiger partial charge is 0.460 e. The number of para-hydroxylation sites is 1. The lowest BCUT2D eigenvalue weighted by molar-refractivity contribution is 0.426. The van der Waals surface area contributed by atoms with Crippen molar-refractivity contribution < 1.29 is 4.74 Å². The van der Waals surface area contributed by atoms with E-state index < -0.39 is 0 Å². The smallest absolute Gasteiger partial charge is 0.230 e. The van der Waals surface area contributed by atoms with Gasteiger partial charge in [0, 0.05) is 53.4 Å². The molecule has 2 aliphatic heterocycles. The molecule has 4 atom stereocenters. The Labute approximate surface area is 325 Å². The molecule has 0 amide bonds. The molecule has 1 saturated carbocycles. The molecule has 4 nitrogen and oxygen atoms in total. The van der Waals surface area contributed by atoms with Crippen molar-refractivity contribution >= 4 is 78.3 Å². The highest BCUT2D eigenvalue weighted by Crippen LogP contribution is 2.50. The van der Waals surface area contributed by atoms with Crippen LogP contribution < -0.4 is 4.74 Å². The SMILES string of the molecule is C=C/C=C\c1c(C)sc2c(C3=CCC4C(=C3)Oc3ccc#cc34)cc3c4ccccc4n(C(/N=C4\C(C)SC5CCCCC45)=N/Cc4ccccc4)c3c12. The molecule has 266 valence electrons. The van der Waals surface area contributed by atoms with Crippen LogP contribution in [0.15, 0.2) is 119 Å². The van der Waals surface area contributed by atoms with Gasteiger partial charge in [-0.25, -0.2) is 9.98 Å². The summed E-state index contributed by atoms with van der Waals surface area (Å²) in [5, 5.41) is 4.65. The lowest BCUT2D eigenvalue weighted by Gasteiger charge is -2.24. The maximum absolute atomic E-state index is 6.44. The molecule has 0 spiro atoms. The Hall–Kier alpha value is -5.09. The molecule has 4 aliphatic rings. The monoisotopic (exact) mass is 739 g/mol. The number of ether oxygens (including phenoxy) is 1. The van der Waals surface area contributed by atoms with E-state index >= 15 is 0 Å². The zero-order valence-corrected chi connectivity index (χ0v) is 32.3. The van der Waals surface area contributed by atoms with Crippen LogP contribution in [0.25, 0.3) is 43.5 Å². The van der Waals surface area contributed by atoms with Crippen molar-refractivity contribution in [2.75, 3.05) is 0 Å². The summed E-state index contributed by atoms with van der Waals surface area (Å²) in [6.45, 7) is 9.20. The van der Waals surface area contributed by atoms with Gasteiger partial charge in [0.15, 0.2) is 0 Å². The van der Waals surface area contributed by atoms with Crippen molar-refractivity contribution in [1.82, 2.24) is 4.57 Å². The lowest BCUT2D eigenvalue weighted by Crippen LogP contribution is -2.26. The van der Waals surface area contributed by atoms with Gasteiger partial charge in [0.1, 0.15) is 11.5 Å². The molecule has 6 aromatic rings. The first-order valence-corrected chi connectivity index (χ1v) is 21.0. The highest BCUT2D eigenvalue weighted by atomic mass is 32.2. The number of thiophene rings is 1. The van der Waals surface area contributed by atoms with Crippen LogP contribution in [0.5, 0.6) is 5.75 Å². The molecular weight excluding hydrogens is 699 g/mol. The van der Waals surface area contributed by atoms with E-state index in [0.29, 0.717) is 23.0 Å². The van der Waals surface area contributed by atoms with Gasteiger partial charge in [0.2, 0.25) is 5.96 Å². The predicted molar refractivity (Wildman–Crippen MR) is 230 cm³/mol. The van der Waals surface area contributed by atoms with Gasteiger partial charge in [-0.3, -0.25) is 4.57 Å². The molecule has 4 heterocycles. The van der Waals surface area contributed by atoms with Crippen molar-refractivity contribution in [2.24, 2.45) is 15.9 Å². The Morgan fingerprint density at radius 2 is 1.91 bits per heavy atom. The number of hydrogen-bond acceptors (Lipinski definition) is 4. The first-order chi connectivity index (χ1) is 26.6. The first-order valence-electron chi connectivity index (χ1n) is 19.2. The fourth-order valence-electron chi connectivity index (χ4n) is 9.14. The average molecular weight is 740 g/mol. The van der Waals surface area contributed by atoms with Gasteiger partial charge in [-0.1, -0.05) is 104 Å². The highest BCUT2D eigenvalue weighted by Gasteiger charge is 2.40. The zero-order valence-electron chi connectivity index (χ0n) is 30.6. The summed E-state index contributed by atoms with van der Waals surface area (Å²) in [6, 6.07) is 32.2. The first kappa shape index (κ1) is 33.5. The fourth-order valence-corrected chi connectivity index (χ4v) is 12.0. The maximum atomic E-state index is 6.44. The van der Waals surface area contributed by atoms with Crippen molar-refractivity contribution in [3.05, 3.63) is 149 Å². The van der Waals surface area contributed by atoms with Crippen LogP contribution in [-0.4, -0.2) is 26.7 Å². The van der Waals surface area contributed by atoms with E-state index in [1.54, 1.807) is 0 Å². The molecule has 0 radical (unpaired) electrons. The summed E-state index contributed by atoms with van der Waals surface area (Å²) in [4.78, 5) is 12.4. The number of allylic oxidation sites excluding steroid dienone is 6. The second-order valence-electron chi connectivity index (χ2n) is 14.9. The molecule has 1 saturated heterocycles. The van der Waals surface area contributed by atoms with Crippen LogP contribution in [0.4, 0.5) is 0 Å². The Balaban J connectivity index is 1.24. The van der Waals surface area contributed by atoms with Crippen LogP contribution in [0.3, 0.4) is 0 Å². The third-order valence-electron chi connectivity index (χ3n) is 11.7. The quantitative estimate of drug-likeness (QED) is 0.100.